The van der Waals surface area contributed by atoms with Gasteiger partial charge in [-0.15, -0.1) is 0 Å². The number of hydrogen-bond donors (Lipinski definition) is 2. The van der Waals surface area contributed by atoms with Crippen molar-refractivity contribution in [3.8, 4) is 0 Å². The van der Waals surface area contributed by atoms with E-state index in [-0.39, 0.29) is 0 Å². The zero-order valence-electron chi connectivity index (χ0n) is 10.3. The van der Waals surface area contributed by atoms with Crippen LogP contribution in [0.15, 0.2) is 24.3 Å². The Bertz CT molecular complexity index is 436. The highest BCUT2D eigenvalue weighted by Gasteiger charge is 2.37. The SMILES string of the molecule is CC(C)(c1ccccc1C1CC1)C(N)C(=O)O. The van der Waals surface area contributed by atoms with Crippen LogP contribution >= 0.6 is 0 Å². The fraction of sp³-hybridized carbons (Fsp3) is 0.500. The van der Waals surface area contributed by atoms with Gasteiger partial charge in [0.1, 0.15) is 6.04 Å². The first kappa shape index (κ1) is 12.1. The highest BCUT2D eigenvalue weighted by Crippen LogP contribution is 2.44. The summed E-state index contributed by atoms with van der Waals surface area (Å²) >= 11 is 0. The van der Waals surface area contributed by atoms with Gasteiger partial charge in [-0.2, -0.15) is 0 Å². The molecule has 1 unspecified atom stereocenters. The Hall–Kier alpha value is -1.35. The highest BCUT2D eigenvalue weighted by atomic mass is 16.4. The molecule has 1 aromatic rings. The van der Waals surface area contributed by atoms with E-state index >= 15 is 0 Å². The lowest BCUT2D eigenvalue weighted by molar-refractivity contribution is -0.140. The van der Waals surface area contributed by atoms with E-state index in [1.54, 1.807) is 0 Å². The summed E-state index contributed by atoms with van der Waals surface area (Å²) in [5.74, 6) is -0.341. The smallest absolute Gasteiger partial charge is 0.321 e. The van der Waals surface area contributed by atoms with Crippen LogP contribution in [0, 0.1) is 0 Å². The molecule has 0 saturated heterocycles. The van der Waals surface area contributed by atoms with Gasteiger partial charge in [-0.3, -0.25) is 4.79 Å². The molecule has 3 nitrogen and oxygen atoms in total. The van der Waals surface area contributed by atoms with Crippen molar-refractivity contribution >= 4 is 5.97 Å². The maximum Gasteiger partial charge on any atom is 0.321 e. The second kappa shape index (κ2) is 4.15. The van der Waals surface area contributed by atoms with E-state index in [1.807, 2.05) is 32.0 Å². The summed E-state index contributed by atoms with van der Waals surface area (Å²) in [6.07, 6.45) is 2.41. The lowest BCUT2D eigenvalue weighted by atomic mass is 9.75. The zero-order valence-corrected chi connectivity index (χ0v) is 10.3. The molecule has 92 valence electrons. The summed E-state index contributed by atoms with van der Waals surface area (Å²) in [6.45, 7) is 3.82. The molecule has 0 spiro atoms. The van der Waals surface area contributed by atoms with Crippen LogP contribution in [0.1, 0.15) is 43.7 Å². The Balaban J connectivity index is 2.41. The minimum atomic E-state index is -0.944. The number of carbonyl (C=O) groups is 1. The first-order chi connectivity index (χ1) is 7.94. The average molecular weight is 233 g/mol. The van der Waals surface area contributed by atoms with Crippen molar-refractivity contribution in [2.24, 2.45) is 5.73 Å². The Morgan fingerprint density at radius 2 is 2.00 bits per heavy atom. The van der Waals surface area contributed by atoms with Crippen LogP contribution in [0.2, 0.25) is 0 Å². The topological polar surface area (TPSA) is 63.3 Å². The fourth-order valence-electron chi connectivity index (χ4n) is 2.31. The highest BCUT2D eigenvalue weighted by molar-refractivity contribution is 5.75. The summed E-state index contributed by atoms with van der Waals surface area (Å²) in [7, 11) is 0. The van der Waals surface area contributed by atoms with Crippen LogP contribution in [0.5, 0.6) is 0 Å². The molecule has 0 amide bonds. The number of hydrogen-bond acceptors (Lipinski definition) is 2. The Morgan fingerprint density at radius 3 is 2.53 bits per heavy atom. The molecular formula is C14H19NO2. The monoisotopic (exact) mass is 233 g/mol. The lowest BCUT2D eigenvalue weighted by Crippen LogP contribution is -2.47. The largest absolute Gasteiger partial charge is 0.480 e. The van der Waals surface area contributed by atoms with Crippen molar-refractivity contribution in [2.75, 3.05) is 0 Å². The lowest BCUT2D eigenvalue weighted by Gasteiger charge is -2.31. The number of carboxylic acids is 1. The molecule has 1 aromatic carbocycles. The molecule has 17 heavy (non-hydrogen) atoms. The van der Waals surface area contributed by atoms with Gasteiger partial charge in [0.05, 0.1) is 0 Å². The van der Waals surface area contributed by atoms with Gasteiger partial charge in [-0.05, 0) is 29.9 Å². The quantitative estimate of drug-likeness (QED) is 0.838. The van der Waals surface area contributed by atoms with Crippen molar-refractivity contribution in [3.05, 3.63) is 35.4 Å². The van der Waals surface area contributed by atoms with Crippen LogP contribution in [0.3, 0.4) is 0 Å². The molecule has 3 heteroatoms. The van der Waals surface area contributed by atoms with Crippen molar-refractivity contribution in [2.45, 2.75) is 44.1 Å². The molecule has 0 bridgehead atoms. The number of benzene rings is 1. The van der Waals surface area contributed by atoms with Crippen molar-refractivity contribution < 1.29 is 9.90 Å². The predicted octanol–water partition coefficient (Wildman–Crippen LogP) is 2.25. The molecular weight excluding hydrogens is 214 g/mol. The minimum absolute atomic E-state index is 0.537. The molecule has 0 aromatic heterocycles. The van der Waals surface area contributed by atoms with Gasteiger partial charge in [0.2, 0.25) is 0 Å². The van der Waals surface area contributed by atoms with Crippen LogP contribution < -0.4 is 5.73 Å². The van der Waals surface area contributed by atoms with Crippen LogP contribution in [0.25, 0.3) is 0 Å². The maximum absolute atomic E-state index is 11.1. The third-order valence-corrected chi connectivity index (χ3v) is 3.72. The third kappa shape index (κ3) is 2.20. The minimum Gasteiger partial charge on any atom is -0.480 e. The third-order valence-electron chi connectivity index (χ3n) is 3.72. The first-order valence-corrected chi connectivity index (χ1v) is 6.02. The van der Waals surface area contributed by atoms with E-state index in [1.165, 1.54) is 18.4 Å². The van der Waals surface area contributed by atoms with Crippen molar-refractivity contribution in [1.82, 2.24) is 0 Å². The second-order valence-corrected chi connectivity index (χ2v) is 5.40. The van der Waals surface area contributed by atoms with E-state index in [0.29, 0.717) is 5.92 Å². The predicted molar refractivity (Wildman–Crippen MR) is 67.1 cm³/mol. The summed E-state index contributed by atoms with van der Waals surface area (Å²) in [6, 6.07) is 7.21. The van der Waals surface area contributed by atoms with Crippen molar-refractivity contribution in [3.63, 3.8) is 0 Å². The molecule has 1 saturated carbocycles. The van der Waals surface area contributed by atoms with Gasteiger partial charge >= 0.3 is 5.97 Å². The average Bonchev–Trinajstić information content (AvgIpc) is 3.11. The summed E-state index contributed by atoms with van der Waals surface area (Å²) < 4.78 is 0. The van der Waals surface area contributed by atoms with Gasteiger partial charge in [0.15, 0.2) is 0 Å². The van der Waals surface area contributed by atoms with Gasteiger partial charge in [-0.1, -0.05) is 38.1 Å². The van der Waals surface area contributed by atoms with E-state index in [4.69, 9.17) is 10.8 Å². The van der Waals surface area contributed by atoms with E-state index in [0.717, 1.165) is 5.56 Å². The van der Waals surface area contributed by atoms with Crippen LogP contribution in [0.4, 0.5) is 0 Å². The molecule has 0 radical (unpaired) electrons. The molecule has 1 atom stereocenters. The van der Waals surface area contributed by atoms with Gasteiger partial charge in [-0.25, -0.2) is 0 Å². The maximum atomic E-state index is 11.1. The Morgan fingerprint density at radius 1 is 1.41 bits per heavy atom. The summed E-state index contributed by atoms with van der Waals surface area (Å²) in [5.41, 5.74) is 7.63. The number of aliphatic carboxylic acids is 1. The summed E-state index contributed by atoms with van der Waals surface area (Å²) in [5, 5.41) is 9.10. The number of rotatable bonds is 4. The van der Waals surface area contributed by atoms with E-state index in [9.17, 15) is 4.79 Å². The molecule has 1 fully saturated rings. The Labute approximate surface area is 102 Å². The molecule has 3 N–H and O–H groups in total. The van der Waals surface area contributed by atoms with Gasteiger partial charge < -0.3 is 10.8 Å². The number of nitrogens with two attached hydrogens (primary N) is 1. The summed E-state index contributed by atoms with van der Waals surface area (Å²) in [4.78, 5) is 11.1. The molecule has 2 rings (SSSR count). The van der Waals surface area contributed by atoms with Crippen LogP contribution in [-0.4, -0.2) is 17.1 Å². The molecule has 0 heterocycles. The van der Waals surface area contributed by atoms with Gasteiger partial charge in [0.25, 0.3) is 0 Å². The van der Waals surface area contributed by atoms with Gasteiger partial charge in [0, 0.05) is 5.41 Å². The number of carboxylic acid groups (broad SMARTS) is 1. The van der Waals surface area contributed by atoms with Crippen LogP contribution in [-0.2, 0) is 10.2 Å². The molecule has 0 aliphatic heterocycles. The Kier molecular flexibility index (Phi) is 2.96. The molecule has 1 aliphatic rings. The van der Waals surface area contributed by atoms with Crippen molar-refractivity contribution in [1.29, 1.82) is 0 Å². The molecule has 1 aliphatic carbocycles. The zero-order chi connectivity index (χ0) is 12.6. The second-order valence-electron chi connectivity index (χ2n) is 5.40. The first-order valence-electron chi connectivity index (χ1n) is 6.02. The standard InChI is InChI=1S/C14H19NO2/c1-14(2,12(15)13(16)17)11-6-4-3-5-10(11)9-7-8-9/h3-6,9,12H,7-8,15H2,1-2H3,(H,16,17). The normalized spacial score (nSPS) is 17.8. The van der Waals surface area contributed by atoms with E-state index < -0.39 is 17.4 Å². The fourth-order valence-corrected chi connectivity index (χ4v) is 2.31. The van der Waals surface area contributed by atoms with E-state index in [2.05, 4.69) is 6.07 Å².